The van der Waals surface area contributed by atoms with Crippen LogP contribution in [0.15, 0.2) is 54.6 Å². The van der Waals surface area contributed by atoms with E-state index in [1.807, 2.05) is 13.0 Å². The highest BCUT2D eigenvalue weighted by molar-refractivity contribution is 5.82. The van der Waals surface area contributed by atoms with Crippen LogP contribution in [0.2, 0.25) is 0 Å². The number of hydrogen-bond donors (Lipinski definition) is 1. The number of aryl methyl sites for hydroxylation is 2. The fraction of sp³-hybridized carbons (Fsp3) is 0.167. The number of pyridine rings is 1. The van der Waals surface area contributed by atoms with Gasteiger partial charge in [0.05, 0.1) is 5.52 Å². The van der Waals surface area contributed by atoms with Gasteiger partial charge >= 0.3 is 0 Å². The Bertz CT molecular complexity index is 747. The van der Waals surface area contributed by atoms with Gasteiger partial charge in [-0.05, 0) is 49.2 Å². The van der Waals surface area contributed by atoms with Crippen LogP contribution in [0.25, 0.3) is 10.9 Å². The summed E-state index contributed by atoms with van der Waals surface area (Å²) in [5.41, 5.74) is 5.84. The van der Waals surface area contributed by atoms with Gasteiger partial charge in [-0.2, -0.15) is 0 Å². The molecule has 20 heavy (non-hydrogen) atoms. The molecule has 1 aromatic heterocycles. The molecule has 0 bridgehead atoms. The lowest BCUT2D eigenvalue weighted by atomic mass is 10.1. The summed E-state index contributed by atoms with van der Waals surface area (Å²) in [6.07, 6.45) is 0. The van der Waals surface area contributed by atoms with Crippen LogP contribution in [-0.4, -0.2) is 4.98 Å². The molecular weight excluding hydrogens is 244 g/mol. The van der Waals surface area contributed by atoms with Gasteiger partial charge in [0.2, 0.25) is 0 Å². The first-order chi connectivity index (χ1) is 9.72. The van der Waals surface area contributed by atoms with Gasteiger partial charge in [-0.25, -0.2) is 0 Å². The first kappa shape index (κ1) is 12.7. The average Bonchev–Trinajstić information content (AvgIpc) is 2.44. The minimum Gasteiger partial charge on any atom is -0.381 e. The van der Waals surface area contributed by atoms with Crippen molar-refractivity contribution in [2.75, 3.05) is 5.32 Å². The molecule has 1 heterocycles. The largest absolute Gasteiger partial charge is 0.381 e. The number of hydrogen-bond acceptors (Lipinski definition) is 2. The molecule has 3 rings (SSSR count). The zero-order valence-corrected chi connectivity index (χ0v) is 11.9. The second-order valence-electron chi connectivity index (χ2n) is 5.16. The van der Waals surface area contributed by atoms with Crippen molar-refractivity contribution >= 4 is 16.6 Å². The molecule has 1 N–H and O–H groups in total. The first-order valence-corrected chi connectivity index (χ1v) is 6.88. The number of rotatable bonds is 3. The molecule has 0 aliphatic heterocycles. The van der Waals surface area contributed by atoms with Crippen molar-refractivity contribution in [3.63, 3.8) is 0 Å². The molecule has 0 radical (unpaired) electrons. The molecule has 0 saturated heterocycles. The van der Waals surface area contributed by atoms with E-state index in [4.69, 9.17) is 0 Å². The summed E-state index contributed by atoms with van der Waals surface area (Å²) < 4.78 is 0. The smallest absolute Gasteiger partial charge is 0.0708 e. The van der Waals surface area contributed by atoms with Gasteiger partial charge in [-0.1, -0.05) is 30.3 Å². The van der Waals surface area contributed by atoms with Crippen molar-refractivity contribution in [2.45, 2.75) is 20.4 Å². The highest BCUT2D eigenvalue weighted by Gasteiger charge is 2.03. The van der Waals surface area contributed by atoms with E-state index in [9.17, 15) is 0 Å². The van der Waals surface area contributed by atoms with Gasteiger partial charge in [-0.3, -0.25) is 4.98 Å². The fourth-order valence-electron chi connectivity index (χ4n) is 2.49. The Balaban J connectivity index is 1.91. The minimum atomic E-state index is 0.813. The predicted molar refractivity (Wildman–Crippen MR) is 85.0 cm³/mol. The molecule has 0 fully saturated rings. The maximum atomic E-state index is 4.58. The minimum absolute atomic E-state index is 0.813. The Kier molecular flexibility index (Phi) is 3.38. The molecule has 3 aromatic rings. The van der Waals surface area contributed by atoms with Crippen LogP contribution in [-0.2, 0) is 6.54 Å². The molecule has 0 unspecified atom stereocenters. The lowest BCUT2D eigenvalue weighted by Gasteiger charge is -2.10. The second kappa shape index (κ2) is 5.33. The molecule has 2 heteroatoms. The summed E-state index contributed by atoms with van der Waals surface area (Å²) in [4.78, 5) is 4.58. The number of nitrogens with zero attached hydrogens (tertiary/aromatic N) is 1. The first-order valence-electron chi connectivity index (χ1n) is 6.88. The van der Waals surface area contributed by atoms with Gasteiger partial charge < -0.3 is 5.32 Å². The van der Waals surface area contributed by atoms with Crippen molar-refractivity contribution in [1.82, 2.24) is 4.98 Å². The highest BCUT2D eigenvalue weighted by atomic mass is 14.9. The summed E-state index contributed by atoms with van der Waals surface area (Å²) in [5, 5.41) is 4.71. The normalized spacial score (nSPS) is 10.7. The van der Waals surface area contributed by atoms with Crippen LogP contribution in [0, 0.1) is 13.8 Å². The molecular formula is C18H18N2. The summed E-state index contributed by atoms with van der Waals surface area (Å²) in [6.45, 7) is 4.97. The summed E-state index contributed by atoms with van der Waals surface area (Å²) in [6, 6.07) is 18.9. The van der Waals surface area contributed by atoms with Crippen LogP contribution >= 0.6 is 0 Å². The van der Waals surface area contributed by atoms with Crippen molar-refractivity contribution < 1.29 is 0 Å². The van der Waals surface area contributed by atoms with Crippen molar-refractivity contribution in [1.29, 1.82) is 0 Å². The van der Waals surface area contributed by atoms with Gasteiger partial charge in [0, 0.05) is 23.3 Å². The number of aromatic nitrogens is 1. The van der Waals surface area contributed by atoms with E-state index in [1.54, 1.807) is 0 Å². The third-order valence-electron chi connectivity index (χ3n) is 3.43. The van der Waals surface area contributed by atoms with Crippen LogP contribution in [0.4, 0.5) is 5.69 Å². The molecule has 2 aromatic carbocycles. The monoisotopic (exact) mass is 262 g/mol. The Morgan fingerprint density at radius 2 is 1.80 bits per heavy atom. The summed E-state index contributed by atoms with van der Waals surface area (Å²) in [5.74, 6) is 0. The number of benzene rings is 2. The molecule has 100 valence electrons. The number of anilines is 1. The molecule has 0 aliphatic rings. The zero-order chi connectivity index (χ0) is 13.9. The lowest BCUT2D eigenvalue weighted by Crippen LogP contribution is -2.01. The van der Waals surface area contributed by atoms with E-state index in [1.165, 1.54) is 16.5 Å². The maximum Gasteiger partial charge on any atom is 0.0708 e. The SMILES string of the molecule is Cc1cccc(NCc2cc(C)nc3ccccc23)c1. The van der Waals surface area contributed by atoms with Gasteiger partial charge in [-0.15, -0.1) is 0 Å². The molecule has 0 atom stereocenters. The Morgan fingerprint density at radius 3 is 2.65 bits per heavy atom. The van der Waals surface area contributed by atoms with Crippen LogP contribution in [0.3, 0.4) is 0 Å². The van der Waals surface area contributed by atoms with E-state index >= 15 is 0 Å². The number of para-hydroxylation sites is 1. The summed E-state index contributed by atoms with van der Waals surface area (Å²) in [7, 11) is 0. The summed E-state index contributed by atoms with van der Waals surface area (Å²) >= 11 is 0. The van der Waals surface area contributed by atoms with Gasteiger partial charge in [0.15, 0.2) is 0 Å². The Hall–Kier alpha value is -2.35. The Morgan fingerprint density at radius 1 is 0.950 bits per heavy atom. The quantitative estimate of drug-likeness (QED) is 0.753. The molecule has 0 saturated carbocycles. The highest BCUT2D eigenvalue weighted by Crippen LogP contribution is 2.19. The Labute approximate surface area is 119 Å². The van der Waals surface area contributed by atoms with E-state index in [2.05, 4.69) is 65.8 Å². The molecule has 0 spiro atoms. The van der Waals surface area contributed by atoms with Crippen LogP contribution < -0.4 is 5.32 Å². The predicted octanol–water partition coefficient (Wildman–Crippen LogP) is 4.46. The van der Waals surface area contributed by atoms with E-state index in [0.717, 1.165) is 23.4 Å². The zero-order valence-electron chi connectivity index (χ0n) is 11.9. The van der Waals surface area contributed by atoms with Crippen LogP contribution in [0.1, 0.15) is 16.8 Å². The average molecular weight is 262 g/mol. The third-order valence-corrected chi connectivity index (χ3v) is 3.43. The molecule has 0 amide bonds. The van der Waals surface area contributed by atoms with Crippen molar-refractivity contribution in [3.05, 3.63) is 71.4 Å². The maximum absolute atomic E-state index is 4.58. The standard InChI is InChI=1S/C18H18N2/c1-13-6-5-7-16(10-13)19-12-15-11-14(2)20-18-9-4-3-8-17(15)18/h3-11,19H,12H2,1-2H3. The van der Waals surface area contributed by atoms with E-state index in [-0.39, 0.29) is 0 Å². The molecule has 0 aliphatic carbocycles. The fourth-order valence-corrected chi connectivity index (χ4v) is 2.49. The second-order valence-corrected chi connectivity index (χ2v) is 5.16. The number of nitrogens with one attached hydrogen (secondary N) is 1. The van der Waals surface area contributed by atoms with E-state index in [0.29, 0.717) is 0 Å². The van der Waals surface area contributed by atoms with Gasteiger partial charge in [0.1, 0.15) is 0 Å². The van der Waals surface area contributed by atoms with Crippen molar-refractivity contribution in [3.8, 4) is 0 Å². The molecule has 2 nitrogen and oxygen atoms in total. The number of fused-ring (bicyclic) bond motifs is 1. The third kappa shape index (κ3) is 2.64. The van der Waals surface area contributed by atoms with Crippen LogP contribution in [0.5, 0.6) is 0 Å². The van der Waals surface area contributed by atoms with Gasteiger partial charge in [0.25, 0.3) is 0 Å². The lowest BCUT2D eigenvalue weighted by molar-refractivity contribution is 1.13. The van der Waals surface area contributed by atoms with E-state index < -0.39 is 0 Å². The topological polar surface area (TPSA) is 24.9 Å². The van der Waals surface area contributed by atoms with Crippen molar-refractivity contribution in [2.24, 2.45) is 0 Å².